The van der Waals surface area contributed by atoms with Gasteiger partial charge in [0.05, 0.1) is 42.2 Å². The molecule has 9 nitrogen and oxygen atoms in total. The number of esters is 2. The molecule has 10 heteroatoms. The molecule has 0 unspecified atom stereocenters. The summed E-state index contributed by atoms with van der Waals surface area (Å²) in [7, 11) is 1.45. The van der Waals surface area contributed by atoms with Crippen molar-refractivity contribution in [2.24, 2.45) is 10.9 Å². The van der Waals surface area contributed by atoms with E-state index in [0.717, 1.165) is 5.56 Å². The van der Waals surface area contributed by atoms with E-state index >= 15 is 0 Å². The van der Waals surface area contributed by atoms with Crippen molar-refractivity contribution in [3.05, 3.63) is 84.5 Å². The molecule has 2 heterocycles. The van der Waals surface area contributed by atoms with E-state index < -0.39 is 18.0 Å². The lowest BCUT2D eigenvalue weighted by Gasteiger charge is -2.25. The summed E-state index contributed by atoms with van der Waals surface area (Å²) >= 11 is 1.23. The minimum atomic E-state index is -0.847. The normalized spacial score (nSPS) is 15.0. The van der Waals surface area contributed by atoms with Crippen LogP contribution in [0.2, 0.25) is 0 Å². The molecule has 0 N–H and O–H groups in total. The van der Waals surface area contributed by atoms with Gasteiger partial charge in [0.15, 0.2) is 16.3 Å². The summed E-state index contributed by atoms with van der Waals surface area (Å²) in [5, 5.41) is 0. The lowest BCUT2D eigenvalue weighted by Crippen LogP contribution is -2.40. The Morgan fingerprint density at radius 2 is 1.88 bits per heavy atom. The van der Waals surface area contributed by atoms with E-state index in [2.05, 4.69) is 4.99 Å². The number of thiazole rings is 1. The number of allylic oxidation sites excluding steroid dienone is 1. The summed E-state index contributed by atoms with van der Waals surface area (Å²) in [6.07, 6.45) is 1.77. The van der Waals surface area contributed by atoms with E-state index in [1.165, 1.54) is 29.9 Å². The van der Waals surface area contributed by atoms with Gasteiger partial charge in [-0.1, -0.05) is 49.4 Å². The van der Waals surface area contributed by atoms with Gasteiger partial charge in [-0.2, -0.15) is 0 Å². The summed E-state index contributed by atoms with van der Waals surface area (Å²) in [5.41, 5.74) is 1.71. The van der Waals surface area contributed by atoms with Crippen molar-refractivity contribution in [3.8, 4) is 17.2 Å². The molecule has 0 aliphatic carbocycles. The SMILES string of the molecule is CCOc1ccccc1/C=c1/sc2n(c1=O)[C@H](c1ccc(OC(C)=O)c(OC)c1)C(C(=O)OCC(C)C)=C(C)N=2. The Kier molecular flexibility index (Phi) is 8.89. The van der Waals surface area contributed by atoms with Gasteiger partial charge in [0.2, 0.25) is 0 Å². The van der Waals surface area contributed by atoms with E-state index in [-0.39, 0.29) is 35.2 Å². The molecule has 0 saturated heterocycles. The first-order valence-electron chi connectivity index (χ1n) is 12.9. The number of hydrogen-bond acceptors (Lipinski definition) is 9. The summed E-state index contributed by atoms with van der Waals surface area (Å²) in [4.78, 5) is 44.0. The van der Waals surface area contributed by atoms with Gasteiger partial charge in [0, 0.05) is 12.5 Å². The molecule has 210 valence electrons. The maximum absolute atomic E-state index is 13.9. The van der Waals surface area contributed by atoms with Crippen molar-refractivity contribution in [1.29, 1.82) is 0 Å². The third-order valence-corrected chi connectivity index (χ3v) is 7.03. The van der Waals surface area contributed by atoms with E-state index in [1.807, 2.05) is 45.0 Å². The number of rotatable bonds is 9. The third kappa shape index (κ3) is 6.02. The smallest absolute Gasteiger partial charge is 0.338 e. The van der Waals surface area contributed by atoms with Gasteiger partial charge in [-0.3, -0.25) is 14.2 Å². The van der Waals surface area contributed by atoms with Gasteiger partial charge in [-0.05, 0) is 49.6 Å². The molecule has 0 amide bonds. The monoisotopic (exact) mass is 564 g/mol. The second kappa shape index (κ2) is 12.3. The average molecular weight is 565 g/mol. The van der Waals surface area contributed by atoms with Crippen molar-refractivity contribution in [3.63, 3.8) is 0 Å². The molecule has 0 spiro atoms. The Morgan fingerprint density at radius 1 is 1.12 bits per heavy atom. The highest BCUT2D eigenvalue weighted by Gasteiger charge is 2.34. The second-order valence-corrected chi connectivity index (χ2v) is 10.6. The number of aromatic nitrogens is 1. The molecular weight excluding hydrogens is 532 g/mol. The first-order chi connectivity index (χ1) is 19.1. The van der Waals surface area contributed by atoms with Gasteiger partial charge < -0.3 is 18.9 Å². The fourth-order valence-corrected chi connectivity index (χ4v) is 5.38. The van der Waals surface area contributed by atoms with Gasteiger partial charge in [0.1, 0.15) is 5.75 Å². The first-order valence-corrected chi connectivity index (χ1v) is 13.7. The van der Waals surface area contributed by atoms with Crippen LogP contribution in [0.15, 0.2) is 63.5 Å². The Hall–Kier alpha value is -4.18. The van der Waals surface area contributed by atoms with Crippen LogP contribution >= 0.6 is 11.3 Å². The van der Waals surface area contributed by atoms with Crippen molar-refractivity contribution in [2.75, 3.05) is 20.3 Å². The van der Waals surface area contributed by atoms with Crippen LogP contribution in [0.25, 0.3) is 6.08 Å². The van der Waals surface area contributed by atoms with Crippen molar-refractivity contribution in [2.45, 2.75) is 40.7 Å². The molecule has 1 atom stereocenters. The topological polar surface area (TPSA) is 105 Å². The first kappa shape index (κ1) is 28.8. The van der Waals surface area contributed by atoms with E-state index in [0.29, 0.717) is 33.0 Å². The van der Waals surface area contributed by atoms with Crippen molar-refractivity contribution >= 4 is 29.4 Å². The number of carbonyl (C=O) groups excluding carboxylic acids is 2. The maximum Gasteiger partial charge on any atom is 0.338 e. The average Bonchev–Trinajstić information content (AvgIpc) is 3.21. The molecule has 0 bridgehead atoms. The number of benzene rings is 2. The standard InChI is InChI=1S/C30H32N2O7S/c1-7-37-22-11-9-8-10-20(22)15-25-28(34)32-27(21-12-13-23(39-19(5)33)24(14-21)36-6)26(18(4)31-30(32)40-25)29(35)38-16-17(2)3/h8-15,17,27H,7,16H2,1-6H3/b25-15+/t27-/m1/s1. The van der Waals surface area contributed by atoms with Crippen LogP contribution in [0, 0.1) is 5.92 Å². The highest BCUT2D eigenvalue weighted by molar-refractivity contribution is 7.07. The Morgan fingerprint density at radius 3 is 2.55 bits per heavy atom. The predicted octanol–water partition coefficient (Wildman–Crippen LogP) is 3.77. The Balaban J connectivity index is 1.93. The lowest BCUT2D eigenvalue weighted by molar-refractivity contribution is -0.140. The number of hydrogen-bond donors (Lipinski definition) is 0. The van der Waals surface area contributed by atoms with Gasteiger partial charge in [0.25, 0.3) is 5.56 Å². The van der Waals surface area contributed by atoms with Crippen LogP contribution in [-0.4, -0.2) is 36.8 Å². The van der Waals surface area contributed by atoms with Crippen LogP contribution < -0.4 is 29.1 Å². The molecule has 2 aromatic carbocycles. The highest BCUT2D eigenvalue weighted by atomic mass is 32.1. The van der Waals surface area contributed by atoms with Crippen LogP contribution in [0.5, 0.6) is 17.2 Å². The quantitative estimate of drug-likeness (QED) is 0.288. The zero-order valence-electron chi connectivity index (χ0n) is 23.3. The summed E-state index contributed by atoms with van der Waals surface area (Å²) in [5.74, 6) is 0.234. The lowest BCUT2D eigenvalue weighted by atomic mass is 9.95. The molecule has 0 saturated carbocycles. The zero-order chi connectivity index (χ0) is 29.0. The molecule has 4 rings (SSSR count). The number of methoxy groups -OCH3 is 1. The molecule has 0 radical (unpaired) electrons. The molecular formula is C30H32N2O7S. The second-order valence-electron chi connectivity index (χ2n) is 9.55. The predicted molar refractivity (Wildman–Crippen MR) is 151 cm³/mol. The third-order valence-electron chi connectivity index (χ3n) is 6.05. The molecule has 1 aliphatic rings. The fraction of sp³-hybridized carbons (Fsp3) is 0.333. The Bertz CT molecular complexity index is 1650. The van der Waals surface area contributed by atoms with E-state index in [4.69, 9.17) is 18.9 Å². The summed E-state index contributed by atoms with van der Waals surface area (Å²) in [6.45, 7) is 9.51. The van der Waals surface area contributed by atoms with Crippen LogP contribution in [0.1, 0.15) is 51.8 Å². The highest BCUT2D eigenvalue weighted by Crippen LogP contribution is 2.36. The van der Waals surface area contributed by atoms with Gasteiger partial charge >= 0.3 is 11.9 Å². The number of para-hydroxylation sites is 1. The molecule has 1 aromatic heterocycles. The number of ether oxygens (including phenoxy) is 4. The largest absolute Gasteiger partial charge is 0.493 e. The van der Waals surface area contributed by atoms with Gasteiger partial charge in [-0.25, -0.2) is 9.79 Å². The zero-order valence-corrected chi connectivity index (χ0v) is 24.2. The van der Waals surface area contributed by atoms with Crippen LogP contribution in [-0.2, 0) is 14.3 Å². The van der Waals surface area contributed by atoms with Crippen LogP contribution in [0.3, 0.4) is 0 Å². The van der Waals surface area contributed by atoms with Crippen molar-refractivity contribution in [1.82, 2.24) is 4.57 Å². The maximum atomic E-state index is 13.9. The van der Waals surface area contributed by atoms with Gasteiger partial charge in [-0.15, -0.1) is 0 Å². The van der Waals surface area contributed by atoms with Crippen molar-refractivity contribution < 1.29 is 28.5 Å². The minimum absolute atomic E-state index is 0.123. The summed E-state index contributed by atoms with van der Waals surface area (Å²) < 4.78 is 24.0. The van der Waals surface area contributed by atoms with E-state index in [9.17, 15) is 14.4 Å². The molecule has 3 aromatic rings. The number of fused-ring (bicyclic) bond motifs is 1. The summed E-state index contributed by atoms with van der Waals surface area (Å²) in [6, 6.07) is 11.5. The number of carbonyl (C=O) groups is 2. The van der Waals surface area contributed by atoms with E-state index in [1.54, 1.807) is 31.2 Å². The van der Waals surface area contributed by atoms with Crippen LogP contribution in [0.4, 0.5) is 0 Å². The molecule has 40 heavy (non-hydrogen) atoms. The molecule has 0 fully saturated rings. The molecule has 1 aliphatic heterocycles. The fourth-order valence-electron chi connectivity index (χ4n) is 4.34. The Labute approximate surface area is 236 Å². The number of nitrogens with zero attached hydrogens (tertiary/aromatic N) is 2. The minimum Gasteiger partial charge on any atom is -0.493 e.